The van der Waals surface area contributed by atoms with Crippen LogP contribution >= 0.6 is 11.3 Å². The third-order valence-electron chi connectivity index (χ3n) is 12.7. The predicted molar refractivity (Wildman–Crippen MR) is 260 cm³/mol. The average Bonchev–Trinajstić information content (AvgIpc) is 3.87. The van der Waals surface area contributed by atoms with E-state index in [0.717, 1.165) is 17.1 Å². The number of rotatable bonds is 7. The zero-order chi connectivity index (χ0) is 40.3. The molecule has 1 aromatic heterocycles. The Morgan fingerprint density at radius 3 is 1.66 bits per heavy atom. The van der Waals surface area contributed by atoms with Gasteiger partial charge < -0.3 is 4.90 Å². The summed E-state index contributed by atoms with van der Waals surface area (Å²) in [5.41, 5.74) is 15.3. The fourth-order valence-electron chi connectivity index (χ4n) is 10.2. The van der Waals surface area contributed by atoms with Crippen LogP contribution in [0.25, 0.3) is 64.3 Å². The Morgan fingerprint density at radius 2 is 0.885 bits per heavy atom. The molecule has 0 bridgehead atoms. The normalized spacial score (nSPS) is 12.7. The highest BCUT2D eigenvalue weighted by molar-refractivity contribution is 7.25. The lowest BCUT2D eigenvalue weighted by Crippen LogP contribution is -2.28. The van der Waals surface area contributed by atoms with Gasteiger partial charge in [0.1, 0.15) is 0 Å². The monoisotopic (exact) mass is 793 g/mol. The Kier molecular flexibility index (Phi) is 8.33. The second kappa shape index (κ2) is 14.3. The number of fused-ring (bicyclic) bond motifs is 7. The molecule has 0 aliphatic heterocycles. The van der Waals surface area contributed by atoms with E-state index in [1.165, 1.54) is 86.6 Å². The highest BCUT2D eigenvalue weighted by Gasteiger charge is 2.47. The number of hydrogen-bond donors (Lipinski definition) is 0. The summed E-state index contributed by atoms with van der Waals surface area (Å²) in [7, 11) is 0. The Balaban J connectivity index is 1.14. The maximum Gasteiger partial charge on any atom is 0.0714 e. The minimum atomic E-state index is -0.515. The molecule has 61 heavy (non-hydrogen) atoms. The van der Waals surface area contributed by atoms with Crippen LogP contribution in [0.15, 0.2) is 237 Å². The van der Waals surface area contributed by atoms with E-state index < -0.39 is 5.41 Å². The number of benzene rings is 10. The molecule has 1 heterocycles. The smallest absolute Gasteiger partial charge is 0.0714 e. The SMILES string of the molecule is c1ccc(C2(c3ccccc3)c3ccccc3-c3c(N(c4cccc(-c5cccc6ccccc56)c4)c4cccc(-c5cccc6sc7ccccc7c56)c4)cccc32)cc1. The van der Waals surface area contributed by atoms with E-state index >= 15 is 0 Å². The first-order valence-corrected chi connectivity index (χ1v) is 21.8. The molecule has 286 valence electrons. The van der Waals surface area contributed by atoms with E-state index in [9.17, 15) is 0 Å². The topological polar surface area (TPSA) is 3.24 Å². The molecule has 1 nitrogen and oxygen atoms in total. The van der Waals surface area contributed by atoms with Crippen LogP contribution in [0, 0.1) is 0 Å². The molecular weight excluding hydrogens is 755 g/mol. The molecule has 1 aliphatic rings. The molecule has 0 saturated carbocycles. The van der Waals surface area contributed by atoms with Gasteiger partial charge in [-0.3, -0.25) is 0 Å². The third kappa shape index (κ3) is 5.53. The summed E-state index contributed by atoms with van der Waals surface area (Å²) in [4.78, 5) is 2.51. The van der Waals surface area contributed by atoms with Crippen molar-refractivity contribution < 1.29 is 0 Å². The summed E-state index contributed by atoms with van der Waals surface area (Å²) < 4.78 is 2.62. The van der Waals surface area contributed by atoms with Crippen LogP contribution in [0.5, 0.6) is 0 Å². The second-order valence-corrected chi connectivity index (χ2v) is 17.1. The molecule has 11 aromatic rings. The summed E-state index contributed by atoms with van der Waals surface area (Å²) in [6, 6.07) is 87.4. The first kappa shape index (κ1) is 35.4. The minimum absolute atomic E-state index is 0.515. The van der Waals surface area contributed by atoms with E-state index in [1.54, 1.807) is 0 Å². The van der Waals surface area contributed by atoms with Crippen molar-refractivity contribution in [3.05, 3.63) is 259 Å². The number of nitrogens with zero attached hydrogens (tertiary/aromatic N) is 1. The zero-order valence-corrected chi connectivity index (χ0v) is 34.2. The number of thiophene rings is 1. The van der Waals surface area contributed by atoms with Crippen LogP contribution in [-0.4, -0.2) is 0 Å². The van der Waals surface area contributed by atoms with Crippen molar-refractivity contribution in [2.24, 2.45) is 0 Å². The van der Waals surface area contributed by atoms with Crippen molar-refractivity contribution in [1.29, 1.82) is 0 Å². The lowest BCUT2D eigenvalue weighted by Gasteiger charge is -2.34. The summed E-state index contributed by atoms with van der Waals surface area (Å²) >= 11 is 1.87. The summed E-state index contributed by atoms with van der Waals surface area (Å²) in [5.74, 6) is 0. The molecule has 0 atom stereocenters. The molecular formula is C59H39NS. The first-order valence-electron chi connectivity index (χ1n) is 21.0. The van der Waals surface area contributed by atoms with Gasteiger partial charge in [0.15, 0.2) is 0 Å². The van der Waals surface area contributed by atoms with E-state index in [4.69, 9.17) is 0 Å². The van der Waals surface area contributed by atoms with Crippen molar-refractivity contribution in [3.63, 3.8) is 0 Å². The predicted octanol–water partition coefficient (Wildman–Crippen LogP) is 16.4. The molecule has 1 aliphatic carbocycles. The van der Waals surface area contributed by atoms with Crippen molar-refractivity contribution >= 4 is 59.3 Å². The molecule has 0 unspecified atom stereocenters. The van der Waals surface area contributed by atoms with Crippen molar-refractivity contribution in [1.82, 2.24) is 0 Å². The van der Waals surface area contributed by atoms with E-state index in [0.29, 0.717) is 0 Å². The van der Waals surface area contributed by atoms with Crippen LogP contribution in [-0.2, 0) is 5.41 Å². The Hall–Kier alpha value is -7.52. The molecule has 0 spiro atoms. The summed E-state index contributed by atoms with van der Waals surface area (Å²) in [6.07, 6.45) is 0. The van der Waals surface area contributed by atoms with E-state index in [2.05, 4.69) is 241 Å². The van der Waals surface area contributed by atoms with Gasteiger partial charge in [-0.15, -0.1) is 11.3 Å². The number of hydrogen-bond acceptors (Lipinski definition) is 2. The lowest BCUT2D eigenvalue weighted by atomic mass is 9.68. The first-order chi connectivity index (χ1) is 30.3. The van der Waals surface area contributed by atoms with Crippen molar-refractivity contribution in [2.45, 2.75) is 5.41 Å². The van der Waals surface area contributed by atoms with Gasteiger partial charge in [-0.2, -0.15) is 0 Å². The average molecular weight is 794 g/mol. The molecule has 0 saturated heterocycles. The zero-order valence-electron chi connectivity index (χ0n) is 33.4. The van der Waals surface area contributed by atoms with Gasteiger partial charge in [0.05, 0.1) is 11.1 Å². The lowest BCUT2D eigenvalue weighted by molar-refractivity contribution is 0.768. The van der Waals surface area contributed by atoms with Crippen LogP contribution in [0.1, 0.15) is 22.3 Å². The van der Waals surface area contributed by atoms with Crippen LogP contribution in [0.3, 0.4) is 0 Å². The van der Waals surface area contributed by atoms with Gasteiger partial charge in [0.2, 0.25) is 0 Å². The number of anilines is 3. The van der Waals surface area contributed by atoms with Gasteiger partial charge in [-0.05, 0) is 103 Å². The molecule has 2 heteroatoms. The van der Waals surface area contributed by atoms with Crippen LogP contribution in [0.2, 0.25) is 0 Å². The van der Waals surface area contributed by atoms with Crippen LogP contribution < -0.4 is 4.90 Å². The van der Waals surface area contributed by atoms with Gasteiger partial charge >= 0.3 is 0 Å². The van der Waals surface area contributed by atoms with Crippen molar-refractivity contribution in [3.8, 4) is 33.4 Å². The molecule has 0 radical (unpaired) electrons. The molecule has 0 fully saturated rings. The van der Waals surface area contributed by atoms with E-state index in [1.807, 2.05) is 11.3 Å². The van der Waals surface area contributed by atoms with Gasteiger partial charge in [-0.1, -0.05) is 194 Å². The van der Waals surface area contributed by atoms with E-state index in [-0.39, 0.29) is 0 Å². The fraction of sp³-hybridized carbons (Fsp3) is 0.0169. The maximum absolute atomic E-state index is 2.51. The standard InChI is InChI=1S/C59H39NS/c1-3-22-43(23-4-1)59(44-24-5-2-6-25-44)52-33-11-9-29-50(52)58-53(59)34-17-35-54(58)60(45-26-13-20-41(38-45)48-31-15-19-40-18-7-8-28-47(40)48)46-27-14-21-42(39-46)49-32-16-37-56-57(49)51-30-10-12-36-55(51)61-56/h1-39H. The minimum Gasteiger partial charge on any atom is -0.310 e. The third-order valence-corrected chi connectivity index (χ3v) is 13.9. The Labute approximate surface area is 360 Å². The molecule has 0 amide bonds. The second-order valence-electron chi connectivity index (χ2n) is 16.0. The Bertz CT molecular complexity index is 3390. The highest BCUT2D eigenvalue weighted by Crippen LogP contribution is 2.59. The molecule has 0 N–H and O–H groups in total. The Morgan fingerprint density at radius 1 is 0.361 bits per heavy atom. The fourth-order valence-corrected chi connectivity index (χ4v) is 11.3. The maximum atomic E-state index is 2.51. The quantitative estimate of drug-likeness (QED) is 0.155. The summed E-state index contributed by atoms with van der Waals surface area (Å²) in [5, 5.41) is 5.10. The molecule has 10 aromatic carbocycles. The van der Waals surface area contributed by atoms with Gasteiger partial charge in [0.25, 0.3) is 0 Å². The van der Waals surface area contributed by atoms with Crippen molar-refractivity contribution in [2.75, 3.05) is 4.90 Å². The van der Waals surface area contributed by atoms with Crippen LogP contribution in [0.4, 0.5) is 17.1 Å². The highest BCUT2D eigenvalue weighted by atomic mass is 32.1. The van der Waals surface area contributed by atoms with Gasteiger partial charge in [-0.25, -0.2) is 0 Å². The molecule has 12 rings (SSSR count). The largest absolute Gasteiger partial charge is 0.310 e. The van der Waals surface area contributed by atoms with Gasteiger partial charge in [0, 0.05) is 37.1 Å². The summed E-state index contributed by atoms with van der Waals surface area (Å²) in [6.45, 7) is 0.